The molecule has 2 amide bonds. The van der Waals surface area contributed by atoms with Crippen LogP contribution in [-0.2, 0) is 16.0 Å². The number of hydrogen-bond donors (Lipinski definition) is 0. The molecule has 0 saturated carbocycles. The Hall–Kier alpha value is -1.84. The number of amides is 2. The van der Waals surface area contributed by atoms with Crippen LogP contribution in [0.3, 0.4) is 0 Å². The summed E-state index contributed by atoms with van der Waals surface area (Å²) in [5, 5.41) is 0. The molecule has 1 heterocycles. The maximum Gasteiger partial charge on any atom is 0.227 e. The molecule has 1 unspecified atom stereocenters. The van der Waals surface area contributed by atoms with E-state index in [1.54, 1.807) is 0 Å². The largest absolute Gasteiger partial charge is 0.345 e. The summed E-state index contributed by atoms with van der Waals surface area (Å²) in [6, 6.07) is 9.80. The molecule has 1 aromatic rings. The van der Waals surface area contributed by atoms with Crippen LogP contribution in [0.25, 0.3) is 0 Å². The smallest absolute Gasteiger partial charge is 0.227 e. The zero-order valence-corrected chi connectivity index (χ0v) is 14.5. The van der Waals surface area contributed by atoms with Gasteiger partial charge in [0, 0.05) is 26.7 Å². The molecule has 1 aromatic carbocycles. The molecule has 4 heteroatoms. The van der Waals surface area contributed by atoms with Crippen molar-refractivity contribution in [2.24, 2.45) is 11.8 Å². The van der Waals surface area contributed by atoms with Crippen LogP contribution in [0.5, 0.6) is 0 Å². The van der Waals surface area contributed by atoms with Crippen molar-refractivity contribution in [3.05, 3.63) is 35.9 Å². The van der Waals surface area contributed by atoms with Gasteiger partial charge in [0.05, 0.1) is 12.3 Å². The Morgan fingerprint density at radius 3 is 2.61 bits per heavy atom. The fourth-order valence-electron chi connectivity index (χ4n) is 3.24. The second-order valence-electron chi connectivity index (χ2n) is 6.95. The molecule has 2 rings (SSSR count). The molecular formula is C19H28N2O2. The highest BCUT2D eigenvalue weighted by Gasteiger charge is 2.30. The number of piperidine rings is 1. The van der Waals surface area contributed by atoms with Crippen molar-refractivity contribution in [2.45, 2.75) is 33.1 Å². The van der Waals surface area contributed by atoms with Gasteiger partial charge < -0.3 is 9.80 Å². The zero-order chi connectivity index (χ0) is 16.8. The van der Waals surface area contributed by atoms with Crippen molar-refractivity contribution < 1.29 is 9.59 Å². The summed E-state index contributed by atoms with van der Waals surface area (Å²) < 4.78 is 0. The van der Waals surface area contributed by atoms with Gasteiger partial charge in [-0.15, -0.1) is 0 Å². The Morgan fingerprint density at radius 2 is 1.96 bits per heavy atom. The van der Waals surface area contributed by atoms with Gasteiger partial charge in [0.15, 0.2) is 0 Å². The molecule has 1 saturated heterocycles. The molecule has 0 aliphatic carbocycles. The normalized spacial score (nSPS) is 18.1. The van der Waals surface area contributed by atoms with Crippen LogP contribution in [0.4, 0.5) is 0 Å². The maximum atomic E-state index is 12.5. The minimum atomic E-state index is -0.0489. The Balaban J connectivity index is 1.92. The van der Waals surface area contributed by atoms with Gasteiger partial charge in [-0.25, -0.2) is 0 Å². The summed E-state index contributed by atoms with van der Waals surface area (Å²) in [7, 11) is 1.87. The fraction of sp³-hybridized carbons (Fsp3) is 0.579. The minimum absolute atomic E-state index is 0.0489. The Bertz CT molecular complexity index is 527. The lowest BCUT2D eigenvalue weighted by atomic mass is 9.95. The summed E-state index contributed by atoms with van der Waals surface area (Å²) >= 11 is 0. The second-order valence-corrected chi connectivity index (χ2v) is 6.95. The van der Waals surface area contributed by atoms with Gasteiger partial charge >= 0.3 is 0 Å². The molecule has 1 atom stereocenters. The minimum Gasteiger partial charge on any atom is -0.345 e. The third-order valence-corrected chi connectivity index (χ3v) is 4.34. The van der Waals surface area contributed by atoms with Crippen LogP contribution in [0.1, 0.15) is 32.3 Å². The standard InChI is InChI=1S/C19H28N2O2/c1-15(2)13-20(3)19(23)17-10-7-11-21(14-17)18(22)12-16-8-5-4-6-9-16/h4-6,8-9,15,17H,7,10-14H2,1-3H3. The first-order chi connectivity index (χ1) is 11.0. The van der Waals surface area contributed by atoms with Gasteiger partial charge in [0.2, 0.25) is 11.8 Å². The van der Waals surface area contributed by atoms with E-state index in [0.29, 0.717) is 18.9 Å². The monoisotopic (exact) mass is 316 g/mol. The van der Waals surface area contributed by atoms with Crippen molar-refractivity contribution in [1.82, 2.24) is 9.80 Å². The van der Waals surface area contributed by atoms with E-state index in [1.165, 1.54) is 0 Å². The highest BCUT2D eigenvalue weighted by atomic mass is 16.2. The number of carbonyl (C=O) groups excluding carboxylic acids is 2. The average molecular weight is 316 g/mol. The predicted molar refractivity (Wildman–Crippen MR) is 91.9 cm³/mol. The van der Waals surface area contributed by atoms with Crippen LogP contribution < -0.4 is 0 Å². The first kappa shape index (κ1) is 17.5. The van der Waals surface area contributed by atoms with Gasteiger partial charge in [-0.05, 0) is 24.3 Å². The molecule has 0 bridgehead atoms. The summed E-state index contributed by atoms with van der Waals surface area (Å²) in [5.74, 6) is 0.715. The molecule has 0 N–H and O–H groups in total. The number of rotatable bonds is 5. The van der Waals surface area contributed by atoms with E-state index in [2.05, 4.69) is 13.8 Å². The Labute approximate surface area is 139 Å². The Morgan fingerprint density at radius 1 is 1.26 bits per heavy atom. The van der Waals surface area contributed by atoms with Crippen LogP contribution in [0.15, 0.2) is 30.3 Å². The van der Waals surface area contributed by atoms with Gasteiger partial charge in [-0.2, -0.15) is 0 Å². The van der Waals surface area contributed by atoms with Crippen LogP contribution in [-0.4, -0.2) is 48.3 Å². The van der Waals surface area contributed by atoms with E-state index in [0.717, 1.165) is 31.5 Å². The summed E-state index contributed by atoms with van der Waals surface area (Å²) in [4.78, 5) is 28.7. The van der Waals surface area contributed by atoms with E-state index in [9.17, 15) is 9.59 Å². The van der Waals surface area contributed by atoms with E-state index in [-0.39, 0.29) is 17.7 Å². The quantitative estimate of drug-likeness (QED) is 0.838. The summed E-state index contributed by atoms with van der Waals surface area (Å²) in [6.07, 6.45) is 2.21. The topological polar surface area (TPSA) is 40.6 Å². The highest BCUT2D eigenvalue weighted by molar-refractivity contribution is 5.82. The molecular weight excluding hydrogens is 288 g/mol. The summed E-state index contributed by atoms with van der Waals surface area (Å²) in [6.45, 7) is 6.32. The molecule has 23 heavy (non-hydrogen) atoms. The van der Waals surface area contributed by atoms with E-state index in [1.807, 2.05) is 47.2 Å². The number of carbonyl (C=O) groups is 2. The molecule has 126 valence electrons. The predicted octanol–water partition coefficient (Wildman–Crippen LogP) is 2.58. The molecule has 4 nitrogen and oxygen atoms in total. The fourth-order valence-corrected chi connectivity index (χ4v) is 3.24. The average Bonchev–Trinajstić information content (AvgIpc) is 2.54. The van der Waals surface area contributed by atoms with Gasteiger partial charge in [-0.1, -0.05) is 44.2 Å². The van der Waals surface area contributed by atoms with Crippen molar-refractivity contribution in [3.8, 4) is 0 Å². The van der Waals surface area contributed by atoms with Crippen molar-refractivity contribution in [1.29, 1.82) is 0 Å². The highest BCUT2D eigenvalue weighted by Crippen LogP contribution is 2.20. The lowest BCUT2D eigenvalue weighted by Gasteiger charge is -2.34. The molecule has 0 radical (unpaired) electrons. The van der Waals surface area contributed by atoms with Crippen molar-refractivity contribution in [2.75, 3.05) is 26.7 Å². The van der Waals surface area contributed by atoms with Crippen LogP contribution in [0.2, 0.25) is 0 Å². The van der Waals surface area contributed by atoms with E-state index >= 15 is 0 Å². The third kappa shape index (κ3) is 5.08. The lowest BCUT2D eigenvalue weighted by Crippen LogP contribution is -2.46. The van der Waals surface area contributed by atoms with Gasteiger partial charge in [0.25, 0.3) is 0 Å². The maximum absolute atomic E-state index is 12.5. The van der Waals surface area contributed by atoms with Crippen LogP contribution >= 0.6 is 0 Å². The lowest BCUT2D eigenvalue weighted by molar-refractivity contribution is -0.140. The number of benzene rings is 1. The second kappa shape index (κ2) is 8.14. The van der Waals surface area contributed by atoms with Crippen molar-refractivity contribution >= 4 is 11.8 Å². The first-order valence-corrected chi connectivity index (χ1v) is 8.54. The molecule has 1 aliphatic heterocycles. The number of nitrogens with zero attached hydrogens (tertiary/aromatic N) is 2. The number of hydrogen-bond acceptors (Lipinski definition) is 2. The SMILES string of the molecule is CC(C)CN(C)C(=O)C1CCCN(C(=O)Cc2ccccc2)C1. The van der Waals surface area contributed by atoms with E-state index in [4.69, 9.17) is 0 Å². The third-order valence-electron chi connectivity index (χ3n) is 4.34. The van der Waals surface area contributed by atoms with Gasteiger partial charge in [0.1, 0.15) is 0 Å². The van der Waals surface area contributed by atoms with Gasteiger partial charge in [-0.3, -0.25) is 9.59 Å². The molecule has 1 aliphatic rings. The van der Waals surface area contributed by atoms with Crippen LogP contribution in [0, 0.1) is 11.8 Å². The summed E-state index contributed by atoms with van der Waals surface area (Å²) in [5.41, 5.74) is 1.03. The molecule has 1 fully saturated rings. The molecule has 0 aromatic heterocycles. The van der Waals surface area contributed by atoms with Crippen molar-refractivity contribution in [3.63, 3.8) is 0 Å². The van der Waals surface area contributed by atoms with E-state index < -0.39 is 0 Å². The molecule has 0 spiro atoms. The first-order valence-electron chi connectivity index (χ1n) is 8.54. The number of likely N-dealkylation sites (tertiary alicyclic amines) is 1. The Kier molecular flexibility index (Phi) is 6.20. The zero-order valence-electron chi connectivity index (χ0n) is 14.5.